The third kappa shape index (κ3) is 4.45. The number of hydrogen-bond acceptors (Lipinski definition) is 5. The Morgan fingerprint density at radius 3 is 2.87 bits per heavy atom. The van der Waals surface area contributed by atoms with Gasteiger partial charge in [-0.1, -0.05) is 29.4 Å². The Morgan fingerprint density at radius 1 is 1.27 bits per heavy atom. The van der Waals surface area contributed by atoms with Crippen molar-refractivity contribution in [1.29, 1.82) is 0 Å². The van der Waals surface area contributed by atoms with Gasteiger partial charge in [-0.25, -0.2) is 0 Å². The summed E-state index contributed by atoms with van der Waals surface area (Å²) in [6.45, 7) is 7.62. The summed E-state index contributed by atoms with van der Waals surface area (Å²) >= 11 is 0. The first kappa shape index (κ1) is 20.3. The predicted octanol–water partition coefficient (Wildman–Crippen LogP) is 3.80. The van der Waals surface area contributed by atoms with Gasteiger partial charge in [0.2, 0.25) is 17.6 Å². The van der Waals surface area contributed by atoms with Crippen LogP contribution in [0.1, 0.15) is 47.7 Å². The van der Waals surface area contributed by atoms with Crippen LogP contribution >= 0.6 is 0 Å². The first-order chi connectivity index (χ1) is 14.5. The molecule has 1 atom stereocenters. The molecule has 1 unspecified atom stereocenters. The van der Waals surface area contributed by atoms with Crippen LogP contribution in [0.2, 0.25) is 0 Å². The average Bonchev–Trinajstić information content (AvgIpc) is 3.33. The zero-order valence-corrected chi connectivity index (χ0v) is 17.9. The van der Waals surface area contributed by atoms with Gasteiger partial charge in [0.1, 0.15) is 0 Å². The van der Waals surface area contributed by atoms with Crippen LogP contribution in [0, 0.1) is 26.7 Å². The molecular formula is C23H29N5O2. The van der Waals surface area contributed by atoms with Crippen molar-refractivity contribution in [2.24, 2.45) is 5.92 Å². The first-order valence-electron chi connectivity index (χ1n) is 10.7. The molecule has 1 aliphatic rings. The second-order valence-corrected chi connectivity index (χ2v) is 8.29. The van der Waals surface area contributed by atoms with Gasteiger partial charge in [0, 0.05) is 37.2 Å². The number of aromatic nitrogens is 4. The molecule has 30 heavy (non-hydrogen) atoms. The molecule has 0 bridgehead atoms. The smallest absolute Gasteiger partial charge is 0.227 e. The molecule has 1 aliphatic heterocycles. The van der Waals surface area contributed by atoms with Crippen molar-refractivity contribution in [2.45, 2.75) is 52.9 Å². The third-order valence-corrected chi connectivity index (χ3v) is 6.06. The fraction of sp³-hybridized carbons (Fsp3) is 0.478. The molecule has 7 heteroatoms. The van der Waals surface area contributed by atoms with Crippen LogP contribution in [-0.4, -0.2) is 44.2 Å². The minimum absolute atomic E-state index is 0.214. The van der Waals surface area contributed by atoms with E-state index in [0.717, 1.165) is 60.4 Å². The van der Waals surface area contributed by atoms with Gasteiger partial charge in [0.05, 0.1) is 5.69 Å². The zero-order valence-electron chi connectivity index (χ0n) is 17.9. The average molecular weight is 408 g/mol. The monoisotopic (exact) mass is 407 g/mol. The molecule has 3 heterocycles. The Balaban J connectivity index is 1.34. The minimum Gasteiger partial charge on any atom is -0.342 e. The van der Waals surface area contributed by atoms with Gasteiger partial charge < -0.3 is 9.42 Å². The molecule has 1 saturated heterocycles. The number of amides is 1. The van der Waals surface area contributed by atoms with Gasteiger partial charge in [-0.05, 0) is 57.1 Å². The molecule has 2 aromatic heterocycles. The van der Waals surface area contributed by atoms with Crippen LogP contribution in [0.3, 0.4) is 0 Å². The van der Waals surface area contributed by atoms with E-state index in [1.165, 1.54) is 0 Å². The molecule has 1 fully saturated rings. The summed E-state index contributed by atoms with van der Waals surface area (Å²) < 4.78 is 5.52. The molecular weight excluding hydrogens is 378 g/mol. The quantitative estimate of drug-likeness (QED) is 0.671. The first-order valence-corrected chi connectivity index (χ1v) is 10.7. The van der Waals surface area contributed by atoms with Crippen LogP contribution in [0.25, 0.3) is 11.4 Å². The van der Waals surface area contributed by atoms with Crippen LogP contribution in [0.5, 0.6) is 0 Å². The molecule has 158 valence electrons. The number of hydrogen-bond donors (Lipinski definition) is 1. The summed E-state index contributed by atoms with van der Waals surface area (Å²) in [4.78, 5) is 19.4. The summed E-state index contributed by atoms with van der Waals surface area (Å²) in [5, 5.41) is 11.4. The number of H-pyrrole nitrogens is 1. The summed E-state index contributed by atoms with van der Waals surface area (Å²) in [7, 11) is 0. The lowest BCUT2D eigenvalue weighted by atomic mass is 9.94. The topological polar surface area (TPSA) is 87.9 Å². The SMILES string of the molecule is Cc1ccccc1-c1noc(CC2CCCN(C(=O)CCc3c(C)n[nH]c3C)C2)n1. The van der Waals surface area contributed by atoms with Crippen molar-refractivity contribution in [3.05, 3.63) is 52.7 Å². The standard InChI is InChI=1S/C23H29N5O2/c1-15-7-4-5-9-19(15)23-24-21(30-27-23)13-18-8-6-12-28(14-18)22(29)11-10-20-16(2)25-26-17(20)3/h4-5,7,9,18H,6,8,10-14H2,1-3H3,(H,25,26). The zero-order chi connectivity index (χ0) is 21.1. The van der Waals surface area contributed by atoms with E-state index in [2.05, 4.69) is 20.3 Å². The van der Waals surface area contributed by atoms with Crippen molar-refractivity contribution in [2.75, 3.05) is 13.1 Å². The number of carbonyl (C=O) groups is 1. The third-order valence-electron chi connectivity index (χ3n) is 6.06. The fourth-order valence-electron chi connectivity index (χ4n) is 4.31. The fourth-order valence-corrected chi connectivity index (χ4v) is 4.31. The normalized spacial score (nSPS) is 16.8. The van der Waals surface area contributed by atoms with E-state index >= 15 is 0 Å². The number of nitrogens with zero attached hydrogens (tertiary/aromatic N) is 4. The Bertz CT molecular complexity index is 1000. The Hall–Kier alpha value is -2.96. The van der Waals surface area contributed by atoms with Crippen molar-refractivity contribution >= 4 is 5.91 Å². The van der Waals surface area contributed by atoms with Crippen LogP contribution in [0.15, 0.2) is 28.8 Å². The summed E-state index contributed by atoms with van der Waals surface area (Å²) in [6, 6.07) is 8.04. The van der Waals surface area contributed by atoms with E-state index in [4.69, 9.17) is 4.52 Å². The maximum absolute atomic E-state index is 12.8. The van der Waals surface area contributed by atoms with Gasteiger partial charge in [-0.15, -0.1) is 0 Å². The van der Waals surface area contributed by atoms with E-state index in [0.29, 0.717) is 30.5 Å². The molecule has 3 aromatic rings. The summed E-state index contributed by atoms with van der Waals surface area (Å²) in [5.74, 6) is 1.85. The van der Waals surface area contributed by atoms with E-state index in [1.54, 1.807) is 0 Å². The molecule has 4 rings (SSSR count). The highest BCUT2D eigenvalue weighted by Crippen LogP contribution is 2.24. The Morgan fingerprint density at radius 2 is 2.10 bits per heavy atom. The molecule has 0 radical (unpaired) electrons. The number of likely N-dealkylation sites (tertiary alicyclic amines) is 1. The second kappa shape index (κ2) is 8.81. The number of aryl methyl sites for hydroxylation is 3. The number of benzene rings is 1. The van der Waals surface area contributed by atoms with Crippen molar-refractivity contribution in [1.82, 2.24) is 25.2 Å². The van der Waals surface area contributed by atoms with Crippen molar-refractivity contribution < 1.29 is 9.32 Å². The Kier molecular flexibility index (Phi) is 5.97. The lowest BCUT2D eigenvalue weighted by molar-refractivity contribution is -0.133. The van der Waals surface area contributed by atoms with Crippen LogP contribution < -0.4 is 0 Å². The molecule has 7 nitrogen and oxygen atoms in total. The van der Waals surface area contributed by atoms with Gasteiger partial charge in [-0.3, -0.25) is 9.89 Å². The van der Waals surface area contributed by atoms with E-state index in [9.17, 15) is 4.79 Å². The highest BCUT2D eigenvalue weighted by atomic mass is 16.5. The molecule has 0 spiro atoms. The van der Waals surface area contributed by atoms with Crippen molar-refractivity contribution in [3.63, 3.8) is 0 Å². The lowest BCUT2D eigenvalue weighted by Gasteiger charge is -2.32. The van der Waals surface area contributed by atoms with Gasteiger partial charge in [0.25, 0.3) is 0 Å². The molecule has 0 aliphatic carbocycles. The minimum atomic E-state index is 0.214. The van der Waals surface area contributed by atoms with Gasteiger partial charge in [0.15, 0.2) is 0 Å². The van der Waals surface area contributed by atoms with E-state index < -0.39 is 0 Å². The second-order valence-electron chi connectivity index (χ2n) is 8.29. The summed E-state index contributed by atoms with van der Waals surface area (Å²) in [5.41, 5.74) is 5.32. The number of carbonyl (C=O) groups excluding carboxylic acids is 1. The number of rotatable bonds is 6. The van der Waals surface area contributed by atoms with Gasteiger partial charge >= 0.3 is 0 Å². The van der Waals surface area contributed by atoms with Crippen LogP contribution in [-0.2, 0) is 17.6 Å². The highest BCUT2D eigenvalue weighted by molar-refractivity contribution is 5.76. The number of aromatic amines is 1. The molecule has 1 N–H and O–H groups in total. The highest BCUT2D eigenvalue weighted by Gasteiger charge is 2.26. The van der Waals surface area contributed by atoms with E-state index in [1.807, 2.05) is 49.9 Å². The maximum Gasteiger partial charge on any atom is 0.227 e. The summed E-state index contributed by atoms with van der Waals surface area (Å²) in [6.07, 6.45) is 4.05. The Labute approximate surface area is 176 Å². The predicted molar refractivity (Wildman–Crippen MR) is 114 cm³/mol. The number of nitrogens with one attached hydrogen (secondary N) is 1. The van der Waals surface area contributed by atoms with Crippen molar-refractivity contribution in [3.8, 4) is 11.4 Å². The van der Waals surface area contributed by atoms with Gasteiger partial charge in [-0.2, -0.15) is 10.1 Å². The molecule has 1 aromatic carbocycles. The number of piperidine rings is 1. The van der Waals surface area contributed by atoms with Crippen LogP contribution in [0.4, 0.5) is 0 Å². The van der Waals surface area contributed by atoms with E-state index in [-0.39, 0.29) is 5.91 Å². The molecule has 1 amide bonds. The largest absolute Gasteiger partial charge is 0.342 e. The maximum atomic E-state index is 12.8. The lowest BCUT2D eigenvalue weighted by Crippen LogP contribution is -2.40. The molecule has 0 saturated carbocycles.